The Kier molecular flexibility index (Phi) is 3.65. The summed E-state index contributed by atoms with van der Waals surface area (Å²) < 4.78 is 0. The third kappa shape index (κ3) is 2.80. The molecule has 1 aromatic heterocycles. The Hall–Kier alpha value is -1.39. The first kappa shape index (κ1) is 14.0. The van der Waals surface area contributed by atoms with Crippen LogP contribution < -0.4 is 5.73 Å². The van der Waals surface area contributed by atoms with E-state index < -0.39 is 12.1 Å². The van der Waals surface area contributed by atoms with Crippen LogP contribution in [0.25, 0.3) is 11.0 Å². The van der Waals surface area contributed by atoms with Crippen LogP contribution in [0, 0.1) is 0 Å². The molecule has 19 heavy (non-hydrogen) atoms. The zero-order chi connectivity index (χ0) is 14.2. The van der Waals surface area contributed by atoms with Crippen molar-refractivity contribution in [1.82, 2.24) is 9.97 Å². The van der Waals surface area contributed by atoms with Crippen molar-refractivity contribution in [3.63, 3.8) is 0 Å². The summed E-state index contributed by atoms with van der Waals surface area (Å²) in [5, 5.41) is 9.80. The minimum Gasteiger partial charge on any atom is -0.391 e. The highest BCUT2D eigenvalue weighted by Crippen LogP contribution is 2.26. The third-order valence-electron chi connectivity index (χ3n) is 3.51. The topological polar surface area (TPSA) is 74.9 Å². The summed E-state index contributed by atoms with van der Waals surface area (Å²) in [6.07, 6.45) is 0.0495. The minimum absolute atomic E-state index is 0.102. The van der Waals surface area contributed by atoms with Crippen LogP contribution in [0.1, 0.15) is 51.5 Å². The molecule has 4 heteroatoms. The SMILES string of the molecule is CC[C@@H](O)[C@H](N)c1nc2ccc(C(C)(C)C)cc2[nH]1. The van der Waals surface area contributed by atoms with Gasteiger partial charge in [0.2, 0.25) is 0 Å². The van der Waals surface area contributed by atoms with E-state index in [1.54, 1.807) is 0 Å². The predicted molar refractivity (Wildman–Crippen MR) is 78.0 cm³/mol. The number of H-pyrrole nitrogens is 1. The monoisotopic (exact) mass is 261 g/mol. The number of aliphatic hydroxyl groups is 1. The predicted octanol–water partition coefficient (Wildman–Crippen LogP) is 2.63. The summed E-state index contributed by atoms with van der Waals surface area (Å²) in [4.78, 5) is 7.69. The maximum atomic E-state index is 9.80. The summed E-state index contributed by atoms with van der Waals surface area (Å²) >= 11 is 0. The van der Waals surface area contributed by atoms with Crippen LogP contribution in [0.4, 0.5) is 0 Å². The maximum Gasteiger partial charge on any atom is 0.126 e. The van der Waals surface area contributed by atoms with Crippen molar-refractivity contribution in [1.29, 1.82) is 0 Å². The first-order valence-electron chi connectivity index (χ1n) is 6.76. The standard InChI is InChI=1S/C15H23N3O/c1-5-12(19)13(16)14-17-10-7-6-9(15(2,3)4)8-11(10)18-14/h6-8,12-13,19H,5,16H2,1-4H3,(H,17,18)/t12-,13+/m1/s1. The van der Waals surface area contributed by atoms with Gasteiger partial charge >= 0.3 is 0 Å². The number of aliphatic hydroxyl groups excluding tert-OH is 1. The van der Waals surface area contributed by atoms with E-state index in [2.05, 4.69) is 42.9 Å². The number of hydrogen-bond donors (Lipinski definition) is 3. The van der Waals surface area contributed by atoms with Crippen molar-refractivity contribution in [2.45, 2.75) is 51.7 Å². The van der Waals surface area contributed by atoms with Crippen LogP contribution in [0.3, 0.4) is 0 Å². The lowest BCUT2D eigenvalue weighted by Gasteiger charge is -2.18. The van der Waals surface area contributed by atoms with Gasteiger partial charge in [-0.1, -0.05) is 33.8 Å². The lowest BCUT2D eigenvalue weighted by atomic mass is 9.87. The summed E-state index contributed by atoms with van der Waals surface area (Å²) in [6.45, 7) is 8.44. The molecule has 0 aliphatic carbocycles. The summed E-state index contributed by atoms with van der Waals surface area (Å²) in [6, 6.07) is 5.74. The zero-order valence-electron chi connectivity index (χ0n) is 12.1. The highest BCUT2D eigenvalue weighted by Gasteiger charge is 2.20. The summed E-state index contributed by atoms with van der Waals surface area (Å²) in [7, 11) is 0. The Balaban J connectivity index is 2.41. The molecule has 2 rings (SSSR count). The van der Waals surface area contributed by atoms with Gasteiger partial charge in [-0.2, -0.15) is 0 Å². The van der Waals surface area contributed by atoms with E-state index in [1.807, 2.05) is 13.0 Å². The second kappa shape index (κ2) is 4.94. The van der Waals surface area contributed by atoms with Crippen LogP contribution >= 0.6 is 0 Å². The average Bonchev–Trinajstić information content (AvgIpc) is 2.78. The number of nitrogens with one attached hydrogen (secondary N) is 1. The van der Waals surface area contributed by atoms with Gasteiger partial charge in [-0.25, -0.2) is 4.98 Å². The average molecular weight is 261 g/mol. The number of nitrogens with zero attached hydrogens (tertiary/aromatic N) is 1. The maximum absolute atomic E-state index is 9.80. The number of rotatable bonds is 3. The van der Waals surface area contributed by atoms with Crippen LogP contribution in [0.15, 0.2) is 18.2 Å². The Bertz CT molecular complexity index is 568. The van der Waals surface area contributed by atoms with E-state index in [4.69, 9.17) is 5.73 Å². The largest absolute Gasteiger partial charge is 0.391 e. The number of fused-ring (bicyclic) bond motifs is 1. The second-order valence-corrected chi connectivity index (χ2v) is 6.11. The van der Waals surface area contributed by atoms with Gasteiger partial charge in [0, 0.05) is 0 Å². The van der Waals surface area contributed by atoms with Crippen LogP contribution in [-0.4, -0.2) is 21.2 Å². The van der Waals surface area contributed by atoms with Gasteiger partial charge in [0.15, 0.2) is 0 Å². The molecule has 0 unspecified atom stereocenters. The fraction of sp³-hybridized carbons (Fsp3) is 0.533. The van der Waals surface area contributed by atoms with E-state index in [0.717, 1.165) is 11.0 Å². The first-order valence-corrected chi connectivity index (χ1v) is 6.76. The van der Waals surface area contributed by atoms with Gasteiger partial charge < -0.3 is 15.8 Å². The molecule has 104 valence electrons. The minimum atomic E-state index is -0.567. The molecular formula is C15H23N3O. The zero-order valence-corrected chi connectivity index (χ0v) is 12.1. The van der Waals surface area contributed by atoms with E-state index in [0.29, 0.717) is 12.2 Å². The molecule has 0 amide bonds. The molecule has 4 N–H and O–H groups in total. The molecule has 0 saturated heterocycles. The van der Waals surface area contributed by atoms with Crippen molar-refractivity contribution < 1.29 is 5.11 Å². The van der Waals surface area contributed by atoms with Gasteiger partial charge in [-0.3, -0.25) is 0 Å². The van der Waals surface area contributed by atoms with Crippen molar-refractivity contribution in [2.24, 2.45) is 5.73 Å². The Labute approximate surface area is 114 Å². The fourth-order valence-electron chi connectivity index (χ4n) is 2.09. The molecule has 0 aliphatic heterocycles. The molecule has 0 fully saturated rings. The number of hydrogen-bond acceptors (Lipinski definition) is 3. The number of aromatic nitrogens is 2. The molecule has 0 bridgehead atoms. The molecule has 4 nitrogen and oxygen atoms in total. The van der Waals surface area contributed by atoms with Crippen molar-refractivity contribution in [3.8, 4) is 0 Å². The van der Waals surface area contributed by atoms with Gasteiger partial charge in [-0.15, -0.1) is 0 Å². The molecule has 0 aliphatic rings. The number of benzene rings is 1. The van der Waals surface area contributed by atoms with Crippen LogP contribution in [-0.2, 0) is 5.41 Å². The van der Waals surface area contributed by atoms with Crippen molar-refractivity contribution in [3.05, 3.63) is 29.6 Å². The van der Waals surface area contributed by atoms with Gasteiger partial charge in [0.1, 0.15) is 5.82 Å². The number of aromatic amines is 1. The molecule has 0 saturated carbocycles. The Morgan fingerprint density at radius 1 is 1.37 bits per heavy atom. The molecule has 0 spiro atoms. The highest BCUT2D eigenvalue weighted by molar-refractivity contribution is 5.76. The molecule has 1 aromatic carbocycles. The van der Waals surface area contributed by atoms with Crippen LogP contribution in [0.2, 0.25) is 0 Å². The lowest BCUT2D eigenvalue weighted by Crippen LogP contribution is -2.26. The molecule has 1 heterocycles. The van der Waals surface area contributed by atoms with Crippen molar-refractivity contribution >= 4 is 11.0 Å². The molecular weight excluding hydrogens is 238 g/mol. The van der Waals surface area contributed by atoms with Gasteiger partial charge in [0.25, 0.3) is 0 Å². The Morgan fingerprint density at radius 3 is 2.63 bits per heavy atom. The summed E-state index contributed by atoms with van der Waals surface area (Å²) in [5.41, 5.74) is 9.21. The number of imidazole rings is 1. The van der Waals surface area contributed by atoms with E-state index in [1.165, 1.54) is 5.56 Å². The normalized spacial score (nSPS) is 15.7. The van der Waals surface area contributed by atoms with Gasteiger partial charge in [-0.05, 0) is 29.5 Å². The quantitative estimate of drug-likeness (QED) is 0.795. The fourth-order valence-corrected chi connectivity index (χ4v) is 2.09. The lowest BCUT2D eigenvalue weighted by molar-refractivity contribution is 0.138. The van der Waals surface area contributed by atoms with E-state index in [-0.39, 0.29) is 5.41 Å². The Morgan fingerprint density at radius 2 is 2.05 bits per heavy atom. The molecule has 0 radical (unpaired) electrons. The third-order valence-corrected chi connectivity index (χ3v) is 3.51. The molecule has 2 aromatic rings. The highest BCUT2D eigenvalue weighted by atomic mass is 16.3. The smallest absolute Gasteiger partial charge is 0.126 e. The first-order chi connectivity index (χ1) is 8.82. The second-order valence-electron chi connectivity index (χ2n) is 6.11. The molecule has 2 atom stereocenters. The van der Waals surface area contributed by atoms with E-state index in [9.17, 15) is 5.11 Å². The number of nitrogens with two attached hydrogens (primary N) is 1. The van der Waals surface area contributed by atoms with Gasteiger partial charge in [0.05, 0.1) is 23.2 Å². The van der Waals surface area contributed by atoms with Crippen molar-refractivity contribution in [2.75, 3.05) is 0 Å². The summed E-state index contributed by atoms with van der Waals surface area (Å²) in [5.74, 6) is 0.649. The van der Waals surface area contributed by atoms with E-state index >= 15 is 0 Å². The van der Waals surface area contributed by atoms with Crippen LogP contribution in [0.5, 0.6) is 0 Å².